The second kappa shape index (κ2) is 5.19. The Hall–Kier alpha value is -2.54. The van der Waals surface area contributed by atoms with Crippen molar-refractivity contribution in [3.8, 4) is 6.07 Å². The van der Waals surface area contributed by atoms with Gasteiger partial charge in [-0.3, -0.25) is 0 Å². The number of para-hydroxylation sites is 1. The van der Waals surface area contributed by atoms with Crippen molar-refractivity contribution in [2.24, 2.45) is 0 Å². The molecule has 2 rings (SSSR count). The molecule has 18 heavy (non-hydrogen) atoms. The zero-order chi connectivity index (χ0) is 13.0. The number of benzene rings is 1. The van der Waals surface area contributed by atoms with Gasteiger partial charge in [0, 0.05) is 23.0 Å². The number of esters is 1. The molecule has 4 nitrogen and oxygen atoms in total. The van der Waals surface area contributed by atoms with Crippen LogP contribution in [0.1, 0.15) is 12.5 Å². The Kier molecular flexibility index (Phi) is 3.44. The lowest BCUT2D eigenvalue weighted by Crippen LogP contribution is -2.10. The number of allylic oxidation sites excluding steroid dienone is 2. The summed E-state index contributed by atoms with van der Waals surface area (Å²) in [5, 5.41) is 12.2. The van der Waals surface area contributed by atoms with Gasteiger partial charge >= 0.3 is 5.97 Å². The fourth-order valence-corrected chi connectivity index (χ4v) is 1.79. The summed E-state index contributed by atoms with van der Waals surface area (Å²) in [5.41, 5.74) is 2.31. The molecule has 0 bridgehead atoms. The summed E-state index contributed by atoms with van der Waals surface area (Å²) in [4.78, 5) is 11.7. The van der Waals surface area contributed by atoms with E-state index in [0.29, 0.717) is 5.57 Å². The van der Waals surface area contributed by atoms with Gasteiger partial charge in [-0.2, -0.15) is 5.26 Å². The quantitative estimate of drug-likeness (QED) is 0.490. The van der Waals surface area contributed by atoms with Crippen LogP contribution in [0.25, 0.3) is 5.57 Å². The maximum atomic E-state index is 11.7. The summed E-state index contributed by atoms with van der Waals surface area (Å²) in [7, 11) is 0. The van der Waals surface area contributed by atoms with Gasteiger partial charge in [-0.1, -0.05) is 18.2 Å². The van der Waals surface area contributed by atoms with E-state index in [4.69, 9.17) is 10.00 Å². The van der Waals surface area contributed by atoms with Crippen LogP contribution in [0.2, 0.25) is 0 Å². The van der Waals surface area contributed by atoms with Crippen LogP contribution < -0.4 is 5.32 Å². The minimum absolute atomic E-state index is 0.0297. The molecule has 0 atom stereocenters. The number of hydrogen-bond acceptors (Lipinski definition) is 4. The number of ether oxygens (including phenoxy) is 1. The Morgan fingerprint density at radius 1 is 1.44 bits per heavy atom. The lowest BCUT2D eigenvalue weighted by Gasteiger charge is -2.16. The summed E-state index contributed by atoms with van der Waals surface area (Å²) in [6.07, 6.45) is 3.41. The number of fused-ring (bicyclic) bond motifs is 1. The first-order valence-corrected chi connectivity index (χ1v) is 5.62. The maximum absolute atomic E-state index is 11.7. The van der Waals surface area contributed by atoms with Crippen LogP contribution in [0, 0.1) is 11.3 Å². The Morgan fingerprint density at radius 3 is 2.94 bits per heavy atom. The van der Waals surface area contributed by atoms with Gasteiger partial charge in [0.05, 0.1) is 6.61 Å². The number of rotatable bonds is 2. The average molecular weight is 240 g/mol. The number of nitrogens with zero attached hydrogens (tertiary/aromatic N) is 1. The van der Waals surface area contributed by atoms with Crippen molar-refractivity contribution in [2.45, 2.75) is 6.92 Å². The van der Waals surface area contributed by atoms with Crippen molar-refractivity contribution >= 4 is 17.2 Å². The van der Waals surface area contributed by atoms with E-state index >= 15 is 0 Å². The van der Waals surface area contributed by atoms with Gasteiger partial charge in [0.2, 0.25) is 0 Å². The normalized spacial score (nSPS) is 15.1. The van der Waals surface area contributed by atoms with E-state index in [-0.39, 0.29) is 12.2 Å². The lowest BCUT2D eigenvalue weighted by atomic mass is 9.96. The number of carbonyl (C=O) groups excluding carboxylic acids is 1. The molecule has 1 aliphatic rings. The predicted octanol–water partition coefficient (Wildman–Crippen LogP) is 2.47. The van der Waals surface area contributed by atoms with Crippen LogP contribution in [-0.4, -0.2) is 12.6 Å². The highest BCUT2D eigenvalue weighted by molar-refractivity contribution is 6.05. The highest BCUT2D eigenvalue weighted by Gasteiger charge is 2.19. The van der Waals surface area contributed by atoms with E-state index in [1.54, 1.807) is 19.2 Å². The van der Waals surface area contributed by atoms with Crippen LogP contribution in [0.5, 0.6) is 0 Å². The van der Waals surface area contributed by atoms with Crippen molar-refractivity contribution in [1.82, 2.24) is 0 Å². The molecule has 0 aliphatic carbocycles. The Labute approximate surface area is 105 Å². The van der Waals surface area contributed by atoms with E-state index in [2.05, 4.69) is 5.32 Å². The zero-order valence-corrected chi connectivity index (χ0v) is 9.93. The first-order chi connectivity index (χ1) is 8.77. The van der Waals surface area contributed by atoms with Crippen molar-refractivity contribution in [2.75, 3.05) is 11.9 Å². The van der Waals surface area contributed by atoms with Gasteiger partial charge in [0.15, 0.2) is 0 Å². The molecular formula is C14H12N2O2. The first kappa shape index (κ1) is 11.9. The SMILES string of the molecule is CCOC(=O)C(C#N)=C1C=CNc2ccccc21. The Bertz CT molecular complexity index is 580. The molecule has 4 heteroatoms. The van der Waals surface area contributed by atoms with Crippen molar-refractivity contribution in [3.63, 3.8) is 0 Å². The molecule has 1 aromatic rings. The van der Waals surface area contributed by atoms with Crippen LogP contribution in [0.4, 0.5) is 5.69 Å². The van der Waals surface area contributed by atoms with Gasteiger partial charge in [-0.15, -0.1) is 0 Å². The molecule has 0 unspecified atom stereocenters. The Morgan fingerprint density at radius 2 is 2.22 bits per heavy atom. The summed E-state index contributed by atoms with van der Waals surface area (Å²) in [5.74, 6) is -0.587. The smallest absolute Gasteiger partial charge is 0.349 e. The third kappa shape index (κ3) is 2.11. The highest BCUT2D eigenvalue weighted by atomic mass is 16.5. The molecule has 0 aromatic heterocycles. The third-order valence-corrected chi connectivity index (χ3v) is 2.57. The molecule has 1 heterocycles. The number of anilines is 1. The standard InChI is InChI=1S/C14H12N2O2/c1-2-18-14(17)12(9-15)10-7-8-16-13-6-4-3-5-11(10)13/h3-8,16H,2H2,1H3. The second-order valence-corrected chi connectivity index (χ2v) is 3.64. The van der Waals surface area contributed by atoms with Gasteiger partial charge < -0.3 is 10.1 Å². The molecule has 0 radical (unpaired) electrons. The average Bonchev–Trinajstić information content (AvgIpc) is 2.40. The molecule has 0 amide bonds. The van der Waals surface area contributed by atoms with Crippen LogP contribution in [0.15, 0.2) is 42.1 Å². The number of carbonyl (C=O) groups is 1. The summed E-state index contributed by atoms with van der Waals surface area (Å²) in [6.45, 7) is 1.96. The van der Waals surface area contributed by atoms with Crippen LogP contribution in [-0.2, 0) is 9.53 Å². The fraction of sp³-hybridized carbons (Fsp3) is 0.143. The molecular weight excluding hydrogens is 228 g/mol. The van der Waals surface area contributed by atoms with Gasteiger partial charge in [0.25, 0.3) is 0 Å². The monoisotopic (exact) mass is 240 g/mol. The van der Waals surface area contributed by atoms with Crippen molar-refractivity contribution < 1.29 is 9.53 Å². The summed E-state index contributed by atoms with van der Waals surface area (Å²) in [6, 6.07) is 9.42. The van der Waals surface area contributed by atoms with Gasteiger partial charge in [0.1, 0.15) is 11.6 Å². The largest absolute Gasteiger partial charge is 0.462 e. The van der Waals surface area contributed by atoms with Gasteiger partial charge in [-0.05, 0) is 19.1 Å². The molecule has 0 spiro atoms. The van der Waals surface area contributed by atoms with E-state index in [1.807, 2.05) is 30.3 Å². The lowest BCUT2D eigenvalue weighted by molar-refractivity contribution is -0.137. The third-order valence-electron chi connectivity index (χ3n) is 2.57. The van der Waals surface area contributed by atoms with E-state index in [1.165, 1.54) is 0 Å². The second-order valence-electron chi connectivity index (χ2n) is 3.64. The van der Waals surface area contributed by atoms with Crippen LogP contribution in [0.3, 0.4) is 0 Å². The minimum atomic E-state index is -0.587. The number of nitrogens with one attached hydrogen (secondary N) is 1. The molecule has 1 aromatic carbocycles. The zero-order valence-electron chi connectivity index (χ0n) is 9.93. The first-order valence-electron chi connectivity index (χ1n) is 5.62. The van der Waals surface area contributed by atoms with Gasteiger partial charge in [-0.25, -0.2) is 4.79 Å². The highest BCUT2D eigenvalue weighted by Crippen LogP contribution is 2.30. The van der Waals surface area contributed by atoms with Crippen molar-refractivity contribution in [1.29, 1.82) is 5.26 Å². The molecule has 0 saturated carbocycles. The Balaban J connectivity index is 2.54. The van der Waals surface area contributed by atoms with E-state index < -0.39 is 5.97 Å². The molecule has 90 valence electrons. The number of nitriles is 1. The molecule has 1 aliphatic heterocycles. The van der Waals surface area contributed by atoms with E-state index in [9.17, 15) is 4.79 Å². The topological polar surface area (TPSA) is 62.1 Å². The number of hydrogen-bond donors (Lipinski definition) is 1. The summed E-state index contributed by atoms with van der Waals surface area (Å²) < 4.78 is 4.89. The molecule has 1 N–H and O–H groups in total. The minimum Gasteiger partial charge on any atom is -0.462 e. The fourth-order valence-electron chi connectivity index (χ4n) is 1.79. The predicted molar refractivity (Wildman–Crippen MR) is 68.4 cm³/mol. The molecule has 0 fully saturated rings. The maximum Gasteiger partial charge on any atom is 0.349 e. The molecule has 0 saturated heterocycles. The van der Waals surface area contributed by atoms with E-state index in [0.717, 1.165) is 11.3 Å². The van der Waals surface area contributed by atoms with Crippen molar-refractivity contribution in [3.05, 3.63) is 47.7 Å². The summed E-state index contributed by atoms with van der Waals surface area (Å²) >= 11 is 0. The van der Waals surface area contributed by atoms with Crippen LogP contribution >= 0.6 is 0 Å².